The first kappa shape index (κ1) is 17.4. The first-order chi connectivity index (χ1) is 9.29. The fraction of sp³-hybridized carbons (Fsp3) is 0.923. The average molecular weight is 307 g/mol. The summed E-state index contributed by atoms with van der Waals surface area (Å²) in [5, 5.41) is 9.55. The lowest BCUT2D eigenvalue weighted by Gasteiger charge is -2.40. The maximum Gasteiger partial charge on any atom is 0.310 e. The fourth-order valence-corrected chi connectivity index (χ4v) is 3.34. The summed E-state index contributed by atoms with van der Waals surface area (Å²) in [5.74, 6) is -0.696. The lowest BCUT2D eigenvalue weighted by molar-refractivity contribution is -0.153. The van der Waals surface area contributed by atoms with E-state index in [1.165, 1.54) is 6.26 Å². The highest BCUT2D eigenvalue weighted by Gasteiger charge is 2.41. The minimum absolute atomic E-state index is 0.0841. The average Bonchev–Trinajstić information content (AvgIpc) is 2.36. The number of hydrogen-bond acceptors (Lipinski definition) is 5. The van der Waals surface area contributed by atoms with Crippen LogP contribution < -0.4 is 0 Å². The van der Waals surface area contributed by atoms with Gasteiger partial charge >= 0.3 is 5.97 Å². The molecule has 0 aromatic heterocycles. The number of piperidine rings is 1. The molecule has 1 N–H and O–H groups in total. The maximum absolute atomic E-state index is 11.6. The Morgan fingerprint density at radius 3 is 2.70 bits per heavy atom. The molecule has 1 aliphatic rings. The molecule has 0 aromatic carbocycles. The van der Waals surface area contributed by atoms with Crippen molar-refractivity contribution in [1.82, 2.24) is 4.90 Å². The predicted octanol–water partition coefficient (Wildman–Crippen LogP) is 0.624. The first-order valence-corrected chi connectivity index (χ1v) is 8.97. The van der Waals surface area contributed by atoms with Gasteiger partial charge in [0.15, 0.2) is 0 Å². The molecule has 1 atom stereocenters. The molecule has 1 saturated heterocycles. The van der Waals surface area contributed by atoms with Gasteiger partial charge in [-0.1, -0.05) is 0 Å². The predicted molar refractivity (Wildman–Crippen MR) is 76.6 cm³/mol. The second-order valence-electron chi connectivity index (χ2n) is 5.69. The van der Waals surface area contributed by atoms with Gasteiger partial charge in [0.1, 0.15) is 9.84 Å². The number of nitrogens with zero attached hydrogens (tertiary/aromatic N) is 1. The van der Waals surface area contributed by atoms with Crippen molar-refractivity contribution in [2.45, 2.75) is 25.7 Å². The van der Waals surface area contributed by atoms with Crippen LogP contribution in [-0.4, -0.2) is 69.8 Å². The van der Waals surface area contributed by atoms with Gasteiger partial charge in [-0.15, -0.1) is 0 Å². The lowest BCUT2D eigenvalue weighted by Crippen LogP contribution is -2.49. The summed E-state index contributed by atoms with van der Waals surface area (Å²) >= 11 is 0. The number of rotatable bonds is 8. The molecule has 0 saturated carbocycles. The first-order valence-electron chi connectivity index (χ1n) is 6.91. The fourth-order valence-electron chi connectivity index (χ4n) is 2.75. The largest absolute Gasteiger partial charge is 0.481 e. The molecule has 0 spiro atoms. The number of aliphatic carboxylic acids is 1. The van der Waals surface area contributed by atoms with E-state index in [1.807, 2.05) is 4.90 Å². The summed E-state index contributed by atoms with van der Waals surface area (Å²) in [7, 11) is -1.41. The van der Waals surface area contributed by atoms with Gasteiger partial charge in [-0.25, -0.2) is 8.42 Å². The minimum atomic E-state index is -3.01. The number of methoxy groups -OCH3 is 1. The van der Waals surface area contributed by atoms with Crippen LogP contribution >= 0.6 is 0 Å². The zero-order chi connectivity index (χ0) is 15.2. The summed E-state index contributed by atoms with van der Waals surface area (Å²) < 4.78 is 27.4. The molecule has 0 aliphatic carbocycles. The van der Waals surface area contributed by atoms with E-state index in [9.17, 15) is 18.3 Å². The molecule has 0 radical (unpaired) electrons. The van der Waals surface area contributed by atoms with Gasteiger partial charge in [-0.3, -0.25) is 4.79 Å². The van der Waals surface area contributed by atoms with Gasteiger partial charge in [0.25, 0.3) is 0 Å². The van der Waals surface area contributed by atoms with Crippen LogP contribution in [0.1, 0.15) is 25.7 Å². The van der Waals surface area contributed by atoms with Gasteiger partial charge in [0.05, 0.1) is 11.2 Å². The molecule has 0 amide bonds. The molecule has 1 heterocycles. The number of ether oxygens (including phenoxy) is 1. The maximum atomic E-state index is 11.6. The number of sulfone groups is 1. The van der Waals surface area contributed by atoms with E-state index in [4.69, 9.17) is 4.74 Å². The SMILES string of the molecule is COCCCC1(C(=O)O)CCCN(CCS(C)(=O)=O)C1. The molecule has 6 nitrogen and oxygen atoms in total. The van der Waals surface area contributed by atoms with Crippen molar-refractivity contribution in [3.63, 3.8) is 0 Å². The van der Waals surface area contributed by atoms with Crippen molar-refractivity contribution >= 4 is 15.8 Å². The van der Waals surface area contributed by atoms with Crippen molar-refractivity contribution in [2.75, 3.05) is 45.4 Å². The van der Waals surface area contributed by atoms with Gasteiger partial charge in [-0.2, -0.15) is 0 Å². The normalized spacial score (nSPS) is 24.7. The molecule has 1 aliphatic heterocycles. The summed E-state index contributed by atoms with van der Waals surface area (Å²) in [6.07, 6.45) is 3.94. The Kier molecular flexibility index (Phi) is 6.42. The monoisotopic (exact) mass is 307 g/mol. The molecule has 1 fully saturated rings. The third-order valence-corrected chi connectivity index (χ3v) is 4.82. The van der Waals surface area contributed by atoms with E-state index in [0.717, 1.165) is 13.0 Å². The highest BCUT2D eigenvalue weighted by molar-refractivity contribution is 7.90. The van der Waals surface area contributed by atoms with Crippen LogP contribution in [0.25, 0.3) is 0 Å². The molecule has 1 unspecified atom stereocenters. The van der Waals surface area contributed by atoms with Crippen LogP contribution in [0.15, 0.2) is 0 Å². The molecule has 1 rings (SSSR count). The number of hydrogen-bond donors (Lipinski definition) is 1. The molecule has 20 heavy (non-hydrogen) atoms. The van der Waals surface area contributed by atoms with Crippen molar-refractivity contribution < 1.29 is 23.1 Å². The molecule has 7 heteroatoms. The Bertz CT molecular complexity index is 422. The standard InChI is InChI=1S/C13H25NO5S/c1-19-9-4-6-13(12(15)16)5-3-7-14(11-13)8-10-20(2,17)18/h3-11H2,1-2H3,(H,15,16). The number of carboxylic acid groups (broad SMARTS) is 1. The Labute approximate surface area is 121 Å². The molecular weight excluding hydrogens is 282 g/mol. The summed E-state index contributed by atoms with van der Waals surface area (Å²) in [6, 6.07) is 0. The number of likely N-dealkylation sites (tertiary alicyclic amines) is 1. The lowest BCUT2D eigenvalue weighted by atomic mass is 9.76. The van der Waals surface area contributed by atoms with Crippen molar-refractivity contribution in [1.29, 1.82) is 0 Å². The van der Waals surface area contributed by atoms with E-state index in [0.29, 0.717) is 39.0 Å². The Morgan fingerprint density at radius 2 is 2.15 bits per heavy atom. The topological polar surface area (TPSA) is 83.9 Å². The number of carbonyl (C=O) groups is 1. The van der Waals surface area contributed by atoms with E-state index in [-0.39, 0.29) is 5.75 Å². The molecule has 118 valence electrons. The minimum Gasteiger partial charge on any atom is -0.481 e. The molecule has 0 aromatic rings. The third-order valence-electron chi connectivity index (χ3n) is 3.89. The van der Waals surface area contributed by atoms with Crippen LogP contribution in [0.5, 0.6) is 0 Å². The molecule has 0 bridgehead atoms. The van der Waals surface area contributed by atoms with Crippen LogP contribution in [0.4, 0.5) is 0 Å². The number of carboxylic acids is 1. The summed E-state index contributed by atoms with van der Waals surface area (Å²) in [5.41, 5.74) is -0.756. The Morgan fingerprint density at radius 1 is 1.45 bits per heavy atom. The van der Waals surface area contributed by atoms with E-state index >= 15 is 0 Å². The summed E-state index contributed by atoms with van der Waals surface area (Å²) in [4.78, 5) is 13.6. The van der Waals surface area contributed by atoms with Crippen LogP contribution in [0.3, 0.4) is 0 Å². The van der Waals surface area contributed by atoms with Gasteiger partial charge < -0.3 is 14.7 Å². The third kappa shape index (κ3) is 5.38. The van der Waals surface area contributed by atoms with Gasteiger partial charge in [0, 0.05) is 33.1 Å². The zero-order valence-corrected chi connectivity index (χ0v) is 13.1. The second kappa shape index (κ2) is 7.38. The smallest absolute Gasteiger partial charge is 0.310 e. The van der Waals surface area contributed by atoms with Crippen molar-refractivity contribution in [2.24, 2.45) is 5.41 Å². The van der Waals surface area contributed by atoms with Crippen LogP contribution in [0, 0.1) is 5.41 Å². The zero-order valence-electron chi connectivity index (χ0n) is 12.3. The molecular formula is C13H25NO5S. The van der Waals surface area contributed by atoms with Crippen molar-refractivity contribution in [3.8, 4) is 0 Å². The van der Waals surface area contributed by atoms with E-state index in [1.54, 1.807) is 7.11 Å². The van der Waals surface area contributed by atoms with E-state index in [2.05, 4.69) is 0 Å². The van der Waals surface area contributed by atoms with Crippen LogP contribution in [-0.2, 0) is 19.4 Å². The Balaban J connectivity index is 2.63. The second-order valence-corrected chi connectivity index (χ2v) is 7.95. The quantitative estimate of drug-likeness (QED) is 0.662. The highest BCUT2D eigenvalue weighted by Crippen LogP contribution is 2.35. The van der Waals surface area contributed by atoms with Gasteiger partial charge in [-0.05, 0) is 32.2 Å². The van der Waals surface area contributed by atoms with Crippen LogP contribution in [0.2, 0.25) is 0 Å². The highest BCUT2D eigenvalue weighted by atomic mass is 32.2. The summed E-state index contributed by atoms with van der Waals surface area (Å²) in [6.45, 7) is 2.17. The van der Waals surface area contributed by atoms with Gasteiger partial charge in [0.2, 0.25) is 0 Å². The Hall–Kier alpha value is -0.660. The van der Waals surface area contributed by atoms with E-state index < -0.39 is 21.2 Å². The van der Waals surface area contributed by atoms with Crippen molar-refractivity contribution in [3.05, 3.63) is 0 Å².